The van der Waals surface area contributed by atoms with Crippen LogP contribution in [0.2, 0.25) is 0 Å². The van der Waals surface area contributed by atoms with Gasteiger partial charge in [-0.25, -0.2) is 0 Å². The fourth-order valence-electron chi connectivity index (χ4n) is 2.21. The van der Waals surface area contributed by atoms with Gasteiger partial charge in [-0.05, 0) is 36.0 Å². The Labute approximate surface area is 158 Å². The van der Waals surface area contributed by atoms with Crippen molar-refractivity contribution in [1.82, 2.24) is 10.4 Å². The molecule has 1 saturated heterocycles. The molecule has 2 N–H and O–H groups in total. The molecule has 0 atom stereocenters. The van der Waals surface area contributed by atoms with Gasteiger partial charge in [-0.2, -0.15) is 5.01 Å². The van der Waals surface area contributed by atoms with Gasteiger partial charge in [0.1, 0.15) is 12.0 Å². The van der Waals surface area contributed by atoms with Gasteiger partial charge >= 0.3 is 0 Å². The van der Waals surface area contributed by atoms with E-state index in [-0.39, 0.29) is 15.6 Å². The van der Waals surface area contributed by atoms with Gasteiger partial charge in [0, 0.05) is 5.56 Å². The van der Waals surface area contributed by atoms with Crippen molar-refractivity contribution in [3.05, 3.63) is 70.1 Å². The summed E-state index contributed by atoms with van der Waals surface area (Å²) < 4.78 is 0.175. The highest BCUT2D eigenvalue weighted by Crippen LogP contribution is 2.31. The second-order valence-electron chi connectivity index (χ2n) is 5.26. The highest BCUT2D eigenvalue weighted by molar-refractivity contribution is 8.26. The fourth-order valence-corrected chi connectivity index (χ4v) is 3.39. The lowest BCUT2D eigenvalue weighted by molar-refractivity contribution is -0.123. The predicted octanol–water partition coefficient (Wildman–Crippen LogP) is 2.75. The summed E-state index contributed by atoms with van der Waals surface area (Å²) in [5.74, 6) is -1.31. The number of nitrogens with one attached hydrogen (secondary N) is 1. The smallest absolute Gasteiger partial charge is 0.285 e. The number of nitrogens with zero attached hydrogens (tertiary/aromatic N) is 1. The van der Waals surface area contributed by atoms with Gasteiger partial charge in [0.25, 0.3) is 11.8 Å². The van der Waals surface area contributed by atoms with Gasteiger partial charge in [-0.1, -0.05) is 48.2 Å². The van der Waals surface area contributed by atoms with Crippen molar-refractivity contribution in [1.29, 1.82) is 0 Å². The highest BCUT2D eigenvalue weighted by atomic mass is 32.2. The molecule has 0 saturated carbocycles. The molecule has 1 fully saturated rings. The normalized spacial score (nSPS) is 15.4. The summed E-state index contributed by atoms with van der Waals surface area (Å²) in [6.07, 6.45) is 2.36. The first-order chi connectivity index (χ1) is 12.5. The molecular weight excluding hydrogens is 372 g/mol. The van der Waals surface area contributed by atoms with Crippen molar-refractivity contribution in [2.24, 2.45) is 0 Å². The number of phenolic OH excluding ortho intramolecular Hbond substituents is 1. The molecule has 130 valence electrons. The van der Waals surface area contributed by atoms with E-state index in [1.54, 1.807) is 42.5 Å². The first-order valence-corrected chi connectivity index (χ1v) is 8.64. The number of rotatable bonds is 4. The van der Waals surface area contributed by atoms with Crippen LogP contribution >= 0.6 is 24.0 Å². The number of aromatic hydroxyl groups is 1. The van der Waals surface area contributed by atoms with Gasteiger partial charge in [0.05, 0.1) is 10.5 Å². The van der Waals surface area contributed by atoms with E-state index in [0.717, 1.165) is 28.6 Å². The van der Waals surface area contributed by atoms with Gasteiger partial charge in [0.2, 0.25) is 0 Å². The van der Waals surface area contributed by atoms with Crippen LogP contribution in [0.1, 0.15) is 26.3 Å². The number of carbonyl (C=O) groups excluding carboxylic acids is 3. The Morgan fingerprint density at radius 1 is 1.12 bits per heavy atom. The average Bonchev–Trinajstić information content (AvgIpc) is 2.90. The van der Waals surface area contributed by atoms with Gasteiger partial charge in [-0.3, -0.25) is 19.8 Å². The number of hydrogen-bond donors (Lipinski definition) is 2. The maximum Gasteiger partial charge on any atom is 0.285 e. The molecule has 0 aliphatic carbocycles. The van der Waals surface area contributed by atoms with Gasteiger partial charge < -0.3 is 5.11 Å². The Bertz CT molecular complexity index is 938. The van der Waals surface area contributed by atoms with Crippen LogP contribution in [-0.4, -0.2) is 32.5 Å². The third-order valence-corrected chi connectivity index (χ3v) is 4.83. The number of hydrazine groups is 1. The van der Waals surface area contributed by atoms with Crippen molar-refractivity contribution < 1.29 is 19.5 Å². The molecule has 3 rings (SSSR count). The molecule has 0 spiro atoms. The van der Waals surface area contributed by atoms with E-state index < -0.39 is 11.8 Å². The summed E-state index contributed by atoms with van der Waals surface area (Å²) in [6.45, 7) is 0. The number of para-hydroxylation sites is 1. The Balaban J connectivity index is 1.78. The molecule has 26 heavy (non-hydrogen) atoms. The third-order valence-electron chi connectivity index (χ3n) is 3.53. The van der Waals surface area contributed by atoms with E-state index in [9.17, 15) is 19.5 Å². The van der Waals surface area contributed by atoms with Crippen LogP contribution in [0.3, 0.4) is 0 Å². The van der Waals surface area contributed by atoms with Crippen LogP contribution in [0.5, 0.6) is 5.75 Å². The maximum absolute atomic E-state index is 12.5. The minimum atomic E-state index is -0.643. The standard InChI is InChI=1S/C18H12N2O4S2/c21-10-12-7-5-11(6-8-12)9-15-17(24)20(18(25)26-15)19-16(23)13-3-1-2-4-14(13)22/h1-10,22H,(H,19,23)/b15-9-. The van der Waals surface area contributed by atoms with Crippen LogP contribution in [0.25, 0.3) is 6.08 Å². The summed E-state index contributed by atoms with van der Waals surface area (Å²) in [4.78, 5) is 35.8. The predicted molar refractivity (Wildman–Crippen MR) is 102 cm³/mol. The lowest BCUT2D eigenvalue weighted by atomic mass is 10.1. The molecule has 8 heteroatoms. The number of phenols is 1. The number of carbonyl (C=O) groups is 3. The van der Waals surface area contributed by atoms with E-state index in [4.69, 9.17) is 12.2 Å². The molecule has 2 aromatic carbocycles. The first kappa shape index (κ1) is 17.8. The minimum absolute atomic E-state index is 0.0370. The molecule has 0 unspecified atom stereocenters. The Morgan fingerprint density at radius 2 is 1.77 bits per heavy atom. The first-order valence-electron chi connectivity index (χ1n) is 7.42. The van der Waals surface area contributed by atoms with E-state index in [1.807, 2.05) is 0 Å². The van der Waals surface area contributed by atoms with Gasteiger partial charge in [-0.15, -0.1) is 0 Å². The van der Waals surface area contributed by atoms with E-state index in [2.05, 4.69) is 5.43 Å². The lowest BCUT2D eigenvalue weighted by Gasteiger charge is -2.16. The van der Waals surface area contributed by atoms with E-state index >= 15 is 0 Å². The van der Waals surface area contributed by atoms with Crippen LogP contribution in [0.4, 0.5) is 0 Å². The summed E-state index contributed by atoms with van der Waals surface area (Å²) >= 11 is 6.21. The quantitative estimate of drug-likeness (QED) is 0.479. The zero-order chi connectivity index (χ0) is 18.7. The molecule has 2 amide bonds. The van der Waals surface area contributed by atoms with Crippen LogP contribution in [0, 0.1) is 0 Å². The monoisotopic (exact) mass is 384 g/mol. The molecule has 1 aliphatic rings. The van der Waals surface area contributed by atoms with E-state index in [0.29, 0.717) is 10.5 Å². The molecule has 1 heterocycles. The highest BCUT2D eigenvalue weighted by Gasteiger charge is 2.34. The number of amides is 2. The van der Waals surface area contributed by atoms with Crippen molar-refractivity contribution >= 4 is 52.5 Å². The molecule has 0 radical (unpaired) electrons. The topological polar surface area (TPSA) is 86.7 Å². The number of benzene rings is 2. The van der Waals surface area contributed by atoms with Crippen molar-refractivity contribution in [2.75, 3.05) is 0 Å². The summed E-state index contributed by atoms with van der Waals surface area (Å²) in [6, 6.07) is 12.7. The Hall–Kier alpha value is -2.97. The van der Waals surface area contributed by atoms with Crippen molar-refractivity contribution in [3.8, 4) is 5.75 Å². The molecular formula is C18H12N2O4S2. The maximum atomic E-state index is 12.5. The zero-order valence-corrected chi connectivity index (χ0v) is 14.8. The number of hydrogen-bond acceptors (Lipinski definition) is 6. The van der Waals surface area contributed by atoms with Crippen molar-refractivity contribution in [2.45, 2.75) is 0 Å². The number of thiocarbonyl (C=S) groups is 1. The number of thioether (sulfide) groups is 1. The summed E-state index contributed by atoms with van der Waals surface area (Å²) in [5, 5.41) is 10.7. The SMILES string of the molecule is O=Cc1ccc(/C=C2\SC(=S)N(NC(=O)c3ccccc3O)C2=O)cc1. The largest absolute Gasteiger partial charge is 0.507 e. The van der Waals surface area contributed by atoms with Crippen molar-refractivity contribution in [3.63, 3.8) is 0 Å². The minimum Gasteiger partial charge on any atom is -0.507 e. The van der Waals surface area contributed by atoms with Crippen LogP contribution < -0.4 is 5.43 Å². The second kappa shape index (κ2) is 7.51. The third kappa shape index (κ3) is 3.66. The van der Waals surface area contributed by atoms with Crippen LogP contribution in [-0.2, 0) is 4.79 Å². The summed E-state index contributed by atoms with van der Waals surface area (Å²) in [7, 11) is 0. The summed E-state index contributed by atoms with van der Waals surface area (Å²) in [5.41, 5.74) is 3.70. The zero-order valence-electron chi connectivity index (χ0n) is 13.2. The fraction of sp³-hybridized carbons (Fsp3) is 0. The molecule has 0 aromatic heterocycles. The molecule has 2 aromatic rings. The Morgan fingerprint density at radius 3 is 2.42 bits per heavy atom. The lowest BCUT2D eigenvalue weighted by Crippen LogP contribution is -2.44. The van der Waals surface area contributed by atoms with Crippen LogP contribution in [0.15, 0.2) is 53.4 Å². The molecule has 1 aliphatic heterocycles. The van der Waals surface area contributed by atoms with Gasteiger partial charge in [0.15, 0.2) is 4.32 Å². The molecule has 0 bridgehead atoms. The molecule has 6 nitrogen and oxygen atoms in total. The Kier molecular flexibility index (Phi) is 5.15. The average molecular weight is 384 g/mol. The second-order valence-corrected chi connectivity index (χ2v) is 6.94. The van der Waals surface area contributed by atoms with E-state index in [1.165, 1.54) is 12.1 Å². The number of aldehydes is 1.